The highest BCUT2D eigenvalue weighted by Gasteiger charge is 1.96. The molecule has 0 spiro atoms. The average molecular weight is 312 g/mol. The lowest BCUT2D eigenvalue weighted by Crippen LogP contribution is -1.92. The predicted octanol–water partition coefficient (Wildman–Crippen LogP) is 5.20. The van der Waals surface area contributed by atoms with E-state index in [-0.39, 0.29) is 11.1 Å². The molecular weight excluding hydrogens is 280 g/mol. The van der Waals surface area contributed by atoms with Crippen LogP contribution in [0.3, 0.4) is 0 Å². The van der Waals surface area contributed by atoms with Crippen molar-refractivity contribution >= 4 is 11.9 Å². The van der Waals surface area contributed by atoms with Crippen molar-refractivity contribution in [3.63, 3.8) is 0 Å². The van der Waals surface area contributed by atoms with E-state index in [0.717, 1.165) is 0 Å². The van der Waals surface area contributed by atoms with Crippen molar-refractivity contribution in [3.8, 4) is 0 Å². The summed E-state index contributed by atoms with van der Waals surface area (Å²) in [4.78, 5) is 19.2. The summed E-state index contributed by atoms with van der Waals surface area (Å²) in [6, 6.07) is 0. The molecular formula is C18H32O4. The maximum absolute atomic E-state index is 9.60. The van der Waals surface area contributed by atoms with E-state index in [0.29, 0.717) is 0 Å². The molecule has 0 heterocycles. The van der Waals surface area contributed by atoms with Crippen LogP contribution >= 0.6 is 0 Å². The smallest absolute Gasteiger partial charge is 0.330 e. The summed E-state index contributed by atoms with van der Waals surface area (Å²) in [5, 5.41) is 15.8. The van der Waals surface area contributed by atoms with Gasteiger partial charge in [-0.1, -0.05) is 77.4 Å². The Bertz CT molecular complexity index is 264. The number of carboxylic acid groups (broad SMARTS) is 2. The standard InChI is InChI=1S/C10H20.2C4H6O2/c1-2-4-6-8-10-9-7-5-3-1;2*1-3(2)4(5)6/h1-10H2;2*1H2,2H3,(H,5,6). The Kier molecular flexibility index (Phi) is 16.3. The van der Waals surface area contributed by atoms with Gasteiger partial charge >= 0.3 is 11.9 Å². The third kappa shape index (κ3) is 20.7. The fourth-order valence-electron chi connectivity index (χ4n) is 1.77. The highest BCUT2D eigenvalue weighted by molar-refractivity contribution is 5.85. The maximum atomic E-state index is 9.60. The Morgan fingerprint density at radius 1 is 0.591 bits per heavy atom. The number of hydrogen-bond donors (Lipinski definition) is 2. The lowest BCUT2D eigenvalue weighted by Gasteiger charge is -2.05. The molecule has 4 heteroatoms. The van der Waals surface area contributed by atoms with Gasteiger partial charge < -0.3 is 10.2 Å². The average Bonchev–Trinajstić information content (AvgIpc) is 2.46. The zero-order chi connectivity index (χ0) is 17.4. The minimum Gasteiger partial charge on any atom is -0.478 e. The first-order chi connectivity index (χ1) is 10.3. The van der Waals surface area contributed by atoms with Crippen molar-refractivity contribution in [3.05, 3.63) is 24.3 Å². The Hall–Kier alpha value is -1.58. The van der Waals surface area contributed by atoms with Crippen LogP contribution in [0.1, 0.15) is 78.1 Å². The molecule has 1 fully saturated rings. The molecule has 128 valence electrons. The quantitative estimate of drug-likeness (QED) is 0.688. The maximum Gasteiger partial charge on any atom is 0.330 e. The van der Waals surface area contributed by atoms with Crippen LogP contribution in [0.2, 0.25) is 0 Å². The second-order valence-electron chi connectivity index (χ2n) is 5.71. The normalized spacial score (nSPS) is 15.0. The van der Waals surface area contributed by atoms with E-state index in [9.17, 15) is 9.59 Å². The summed E-state index contributed by atoms with van der Waals surface area (Å²) in [6.45, 7) is 9.20. The molecule has 1 aliphatic carbocycles. The molecule has 2 N–H and O–H groups in total. The second kappa shape index (κ2) is 15.8. The minimum absolute atomic E-state index is 0.176. The number of carboxylic acids is 2. The van der Waals surface area contributed by atoms with E-state index in [1.807, 2.05) is 0 Å². The third-order valence-electron chi connectivity index (χ3n) is 3.23. The van der Waals surface area contributed by atoms with Crippen LogP contribution in [-0.2, 0) is 9.59 Å². The topological polar surface area (TPSA) is 74.6 Å². The Morgan fingerprint density at radius 3 is 0.727 bits per heavy atom. The van der Waals surface area contributed by atoms with Crippen LogP contribution in [0.5, 0.6) is 0 Å². The number of rotatable bonds is 2. The molecule has 0 amide bonds. The molecule has 1 saturated carbocycles. The first-order valence-electron chi connectivity index (χ1n) is 8.06. The van der Waals surface area contributed by atoms with Crippen LogP contribution in [0, 0.1) is 0 Å². The van der Waals surface area contributed by atoms with Crippen molar-refractivity contribution in [2.24, 2.45) is 0 Å². The molecule has 0 aliphatic heterocycles. The Morgan fingerprint density at radius 2 is 0.682 bits per heavy atom. The van der Waals surface area contributed by atoms with Crippen LogP contribution in [-0.4, -0.2) is 22.2 Å². The molecule has 22 heavy (non-hydrogen) atoms. The zero-order valence-corrected chi connectivity index (χ0v) is 14.2. The van der Waals surface area contributed by atoms with E-state index in [1.165, 1.54) is 78.1 Å². The van der Waals surface area contributed by atoms with Gasteiger partial charge in [0.05, 0.1) is 0 Å². The van der Waals surface area contributed by atoms with Crippen LogP contribution < -0.4 is 0 Å². The van der Waals surface area contributed by atoms with Crippen LogP contribution in [0.15, 0.2) is 24.3 Å². The van der Waals surface area contributed by atoms with Gasteiger partial charge in [0.15, 0.2) is 0 Å². The van der Waals surface area contributed by atoms with Gasteiger partial charge in [0.2, 0.25) is 0 Å². The van der Waals surface area contributed by atoms with E-state index in [4.69, 9.17) is 10.2 Å². The van der Waals surface area contributed by atoms with Crippen molar-refractivity contribution in [2.75, 3.05) is 0 Å². The van der Waals surface area contributed by atoms with Gasteiger partial charge in [-0.05, 0) is 13.8 Å². The van der Waals surface area contributed by atoms with Crippen molar-refractivity contribution in [2.45, 2.75) is 78.1 Å². The van der Waals surface area contributed by atoms with Crippen molar-refractivity contribution in [1.82, 2.24) is 0 Å². The molecule has 0 aromatic rings. The molecule has 0 aromatic heterocycles. The van der Waals surface area contributed by atoms with Gasteiger partial charge in [0.25, 0.3) is 0 Å². The molecule has 0 aromatic carbocycles. The van der Waals surface area contributed by atoms with Gasteiger partial charge in [-0.2, -0.15) is 0 Å². The fourth-order valence-corrected chi connectivity index (χ4v) is 1.77. The van der Waals surface area contributed by atoms with Crippen molar-refractivity contribution < 1.29 is 19.8 Å². The summed E-state index contributed by atoms with van der Waals surface area (Å²) in [5.74, 6) is -1.87. The zero-order valence-electron chi connectivity index (χ0n) is 14.2. The SMILES string of the molecule is C1CCCCCCCCC1.C=C(C)C(=O)O.C=C(C)C(=O)O. The lowest BCUT2D eigenvalue weighted by atomic mass is 10.0. The molecule has 1 rings (SSSR count). The first kappa shape index (κ1) is 22.7. The van der Waals surface area contributed by atoms with Gasteiger partial charge in [-0.15, -0.1) is 0 Å². The largest absolute Gasteiger partial charge is 0.478 e. The van der Waals surface area contributed by atoms with E-state index < -0.39 is 11.9 Å². The van der Waals surface area contributed by atoms with Gasteiger partial charge in [0.1, 0.15) is 0 Å². The highest BCUT2D eigenvalue weighted by Crippen LogP contribution is 2.15. The minimum atomic E-state index is -0.935. The lowest BCUT2D eigenvalue weighted by molar-refractivity contribution is -0.133. The molecule has 0 atom stereocenters. The number of aliphatic carboxylic acids is 2. The fraction of sp³-hybridized carbons (Fsp3) is 0.667. The number of carbonyl (C=O) groups is 2. The Labute approximate surface area is 134 Å². The first-order valence-corrected chi connectivity index (χ1v) is 8.06. The third-order valence-corrected chi connectivity index (χ3v) is 3.23. The monoisotopic (exact) mass is 312 g/mol. The molecule has 4 nitrogen and oxygen atoms in total. The van der Waals surface area contributed by atoms with Crippen LogP contribution in [0.4, 0.5) is 0 Å². The number of hydrogen-bond acceptors (Lipinski definition) is 2. The van der Waals surface area contributed by atoms with Gasteiger partial charge in [-0.25, -0.2) is 9.59 Å². The Balaban J connectivity index is 0. The second-order valence-corrected chi connectivity index (χ2v) is 5.71. The summed E-state index contributed by atoms with van der Waals surface area (Å²) in [5.41, 5.74) is 0.352. The molecule has 1 aliphatic rings. The van der Waals surface area contributed by atoms with Crippen molar-refractivity contribution in [1.29, 1.82) is 0 Å². The molecule has 0 saturated heterocycles. The summed E-state index contributed by atoms with van der Waals surface area (Å²) in [6.07, 6.45) is 15.0. The summed E-state index contributed by atoms with van der Waals surface area (Å²) >= 11 is 0. The predicted molar refractivity (Wildman–Crippen MR) is 91.1 cm³/mol. The molecule has 0 bridgehead atoms. The van der Waals surface area contributed by atoms with Gasteiger partial charge in [-0.3, -0.25) is 0 Å². The molecule has 0 unspecified atom stereocenters. The summed E-state index contributed by atoms with van der Waals surface area (Å²) in [7, 11) is 0. The van der Waals surface area contributed by atoms with E-state index >= 15 is 0 Å². The van der Waals surface area contributed by atoms with E-state index in [2.05, 4.69) is 13.2 Å². The molecule has 0 radical (unpaired) electrons. The van der Waals surface area contributed by atoms with E-state index in [1.54, 1.807) is 0 Å². The highest BCUT2D eigenvalue weighted by atomic mass is 16.4. The summed E-state index contributed by atoms with van der Waals surface area (Å²) < 4.78 is 0. The van der Waals surface area contributed by atoms with Crippen LogP contribution in [0.25, 0.3) is 0 Å². The van der Waals surface area contributed by atoms with Gasteiger partial charge in [0, 0.05) is 11.1 Å².